The first-order valence-corrected chi connectivity index (χ1v) is 8.70. The SMILES string of the molecule is CC[C@@H](C(=O)NCCN1CCCOC1=O)N1Cc2ccccc2C1=O. The van der Waals surface area contributed by atoms with Crippen molar-refractivity contribution in [2.24, 2.45) is 0 Å². The molecule has 134 valence electrons. The van der Waals surface area contributed by atoms with Crippen LogP contribution in [0, 0.1) is 0 Å². The summed E-state index contributed by atoms with van der Waals surface area (Å²) >= 11 is 0. The number of ether oxygens (including phenoxy) is 1. The van der Waals surface area contributed by atoms with Crippen molar-refractivity contribution in [2.45, 2.75) is 32.4 Å². The Bertz CT molecular complexity index is 676. The second kappa shape index (κ2) is 7.55. The number of rotatable bonds is 6. The van der Waals surface area contributed by atoms with E-state index < -0.39 is 6.04 Å². The Hall–Kier alpha value is -2.57. The van der Waals surface area contributed by atoms with Crippen LogP contribution in [-0.4, -0.2) is 60.0 Å². The van der Waals surface area contributed by atoms with Gasteiger partial charge in [0, 0.05) is 31.7 Å². The molecule has 25 heavy (non-hydrogen) atoms. The molecule has 1 aromatic carbocycles. The summed E-state index contributed by atoms with van der Waals surface area (Å²) in [5.41, 5.74) is 1.62. The van der Waals surface area contributed by atoms with Crippen molar-refractivity contribution < 1.29 is 19.1 Å². The first-order chi connectivity index (χ1) is 12.1. The number of nitrogens with one attached hydrogen (secondary N) is 1. The van der Waals surface area contributed by atoms with Gasteiger partial charge in [-0.25, -0.2) is 4.79 Å². The molecule has 0 radical (unpaired) electrons. The maximum atomic E-state index is 12.5. The standard InChI is InChI=1S/C18H23N3O4/c1-2-15(21-12-13-6-3-4-7-14(13)17(21)23)16(22)19-8-10-20-9-5-11-25-18(20)24/h3-4,6-7,15H,2,5,8-12H2,1H3,(H,19,22)/t15-/m0/s1. The Morgan fingerprint density at radius 2 is 2.12 bits per heavy atom. The van der Waals surface area contributed by atoms with Crippen LogP contribution >= 0.6 is 0 Å². The maximum Gasteiger partial charge on any atom is 0.409 e. The average molecular weight is 345 g/mol. The minimum Gasteiger partial charge on any atom is -0.449 e. The molecular formula is C18H23N3O4. The van der Waals surface area contributed by atoms with Gasteiger partial charge in [0.1, 0.15) is 6.04 Å². The van der Waals surface area contributed by atoms with E-state index in [2.05, 4.69) is 5.32 Å². The Balaban J connectivity index is 1.55. The van der Waals surface area contributed by atoms with Gasteiger partial charge in [0.25, 0.3) is 5.91 Å². The molecule has 1 aromatic rings. The molecule has 0 aliphatic carbocycles. The van der Waals surface area contributed by atoms with Gasteiger partial charge in [-0.3, -0.25) is 9.59 Å². The minimum absolute atomic E-state index is 0.0998. The fourth-order valence-corrected chi connectivity index (χ4v) is 3.31. The number of hydrogen-bond donors (Lipinski definition) is 1. The lowest BCUT2D eigenvalue weighted by atomic mass is 10.1. The molecule has 2 aliphatic heterocycles. The zero-order valence-corrected chi connectivity index (χ0v) is 14.4. The number of hydrogen-bond acceptors (Lipinski definition) is 4. The van der Waals surface area contributed by atoms with E-state index >= 15 is 0 Å². The molecule has 0 saturated carbocycles. The Morgan fingerprint density at radius 3 is 2.84 bits per heavy atom. The van der Waals surface area contributed by atoms with E-state index in [0.717, 1.165) is 12.0 Å². The van der Waals surface area contributed by atoms with E-state index in [1.165, 1.54) is 0 Å². The Morgan fingerprint density at radius 1 is 1.32 bits per heavy atom. The van der Waals surface area contributed by atoms with Crippen LogP contribution in [0.15, 0.2) is 24.3 Å². The van der Waals surface area contributed by atoms with Gasteiger partial charge in [-0.05, 0) is 24.5 Å². The molecular weight excluding hydrogens is 322 g/mol. The minimum atomic E-state index is -0.506. The van der Waals surface area contributed by atoms with Crippen molar-refractivity contribution in [3.63, 3.8) is 0 Å². The molecule has 3 rings (SSSR count). The number of carbonyl (C=O) groups excluding carboxylic acids is 3. The zero-order chi connectivity index (χ0) is 17.8. The number of carbonyl (C=O) groups is 3. The highest BCUT2D eigenvalue weighted by molar-refractivity contribution is 6.01. The summed E-state index contributed by atoms with van der Waals surface area (Å²) in [6.07, 6.45) is 1.01. The highest BCUT2D eigenvalue weighted by Gasteiger charge is 2.35. The van der Waals surface area contributed by atoms with Crippen molar-refractivity contribution >= 4 is 17.9 Å². The molecule has 1 saturated heterocycles. The van der Waals surface area contributed by atoms with Crippen LogP contribution in [0.25, 0.3) is 0 Å². The normalized spacial score (nSPS) is 18.0. The summed E-state index contributed by atoms with van der Waals surface area (Å²) < 4.78 is 4.97. The molecule has 7 heteroatoms. The van der Waals surface area contributed by atoms with Crippen molar-refractivity contribution in [3.05, 3.63) is 35.4 Å². The fraction of sp³-hybridized carbons (Fsp3) is 0.500. The van der Waals surface area contributed by atoms with E-state index in [1.54, 1.807) is 15.9 Å². The number of benzene rings is 1. The van der Waals surface area contributed by atoms with Crippen molar-refractivity contribution in [1.82, 2.24) is 15.1 Å². The van der Waals surface area contributed by atoms with Gasteiger partial charge in [-0.15, -0.1) is 0 Å². The molecule has 7 nitrogen and oxygen atoms in total. The van der Waals surface area contributed by atoms with Crippen LogP contribution in [0.4, 0.5) is 4.79 Å². The molecule has 0 aromatic heterocycles. The summed E-state index contributed by atoms with van der Waals surface area (Å²) in [7, 11) is 0. The Kier molecular flexibility index (Phi) is 5.21. The number of nitrogens with zero attached hydrogens (tertiary/aromatic N) is 2. The number of amides is 3. The maximum absolute atomic E-state index is 12.5. The predicted molar refractivity (Wildman–Crippen MR) is 90.9 cm³/mol. The Labute approximate surface area is 146 Å². The van der Waals surface area contributed by atoms with Crippen LogP contribution in [0.2, 0.25) is 0 Å². The number of fused-ring (bicyclic) bond motifs is 1. The van der Waals surface area contributed by atoms with Gasteiger partial charge in [0.2, 0.25) is 5.91 Å². The second-order valence-corrected chi connectivity index (χ2v) is 6.26. The molecule has 0 spiro atoms. The fourth-order valence-electron chi connectivity index (χ4n) is 3.31. The smallest absolute Gasteiger partial charge is 0.409 e. The molecule has 3 amide bonds. The molecule has 0 bridgehead atoms. The van der Waals surface area contributed by atoms with E-state index in [9.17, 15) is 14.4 Å². The second-order valence-electron chi connectivity index (χ2n) is 6.26. The van der Waals surface area contributed by atoms with Gasteiger partial charge in [-0.1, -0.05) is 25.1 Å². The first kappa shape index (κ1) is 17.3. The van der Waals surface area contributed by atoms with Crippen molar-refractivity contribution in [1.29, 1.82) is 0 Å². The largest absolute Gasteiger partial charge is 0.449 e. The van der Waals surface area contributed by atoms with Crippen LogP contribution in [0.1, 0.15) is 35.7 Å². The zero-order valence-electron chi connectivity index (χ0n) is 14.4. The lowest BCUT2D eigenvalue weighted by molar-refractivity contribution is -0.125. The molecule has 2 heterocycles. The van der Waals surface area contributed by atoms with Gasteiger partial charge in [-0.2, -0.15) is 0 Å². The van der Waals surface area contributed by atoms with E-state index in [1.807, 2.05) is 25.1 Å². The van der Waals surface area contributed by atoms with Crippen LogP contribution in [-0.2, 0) is 16.1 Å². The summed E-state index contributed by atoms with van der Waals surface area (Å²) in [6.45, 7) is 4.21. The summed E-state index contributed by atoms with van der Waals surface area (Å²) in [5, 5.41) is 2.84. The summed E-state index contributed by atoms with van der Waals surface area (Å²) in [5.74, 6) is -0.286. The third-order valence-electron chi connectivity index (χ3n) is 4.65. The van der Waals surface area contributed by atoms with E-state index in [4.69, 9.17) is 4.74 Å². The topological polar surface area (TPSA) is 79.0 Å². The summed E-state index contributed by atoms with van der Waals surface area (Å²) in [6, 6.07) is 6.94. The molecule has 2 aliphatic rings. The monoisotopic (exact) mass is 345 g/mol. The molecule has 1 atom stereocenters. The first-order valence-electron chi connectivity index (χ1n) is 8.70. The lowest BCUT2D eigenvalue weighted by Gasteiger charge is -2.28. The highest BCUT2D eigenvalue weighted by Crippen LogP contribution is 2.25. The van der Waals surface area contributed by atoms with Gasteiger partial charge in [0.05, 0.1) is 6.61 Å². The van der Waals surface area contributed by atoms with Gasteiger partial charge >= 0.3 is 6.09 Å². The van der Waals surface area contributed by atoms with Gasteiger partial charge in [0.15, 0.2) is 0 Å². The highest BCUT2D eigenvalue weighted by atomic mass is 16.6. The number of cyclic esters (lactones) is 1. The van der Waals surface area contributed by atoms with E-state index in [0.29, 0.717) is 44.8 Å². The molecule has 1 fully saturated rings. The predicted octanol–water partition coefficient (Wildman–Crippen LogP) is 1.38. The quantitative estimate of drug-likeness (QED) is 0.845. The van der Waals surface area contributed by atoms with Crippen molar-refractivity contribution in [2.75, 3.05) is 26.2 Å². The van der Waals surface area contributed by atoms with Gasteiger partial charge < -0.3 is 19.9 Å². The summed E-state index contributed by atoms with van der Waals surface area (Å²) in [4.78, 5) is 39.9. The van der Waals surface area contributed by atoms with Crippen LogP contribution in [0.3, 0.4) is 0 Å². The lowest BCUT2D eigenvalue weighted by Crippen LogP contribution is -2.49. The van der Waals surface area contributed by atoms with Crippen LogP contribution < -0.4 is 5.32 Å². The average Bonchev–Trinajstić information content (AvgIpc) is 2.94. The van der Waals surface area contributed by atoms with Crippen molar-refractivity contribution in [3.8, 4) is 0 Å². The van der Waals surface area contributed by atoms with E-state index in [-0.39, 0.29) is 17.9 Å². The third kappa shape index (κ3) is 3.60. The third-order valence-corrected chi connectivity index (χ3v) is 4.65. The van der Waals surface area contributed by atoms with Crippen LogP contribution in [0.5, 0.6) is 0 Å². The molecule has 0 unspecified atom stereocenters. The molecule has 1 N–H and O–H groups in total.